The maximum absolute atomic E-state index is 10.9. The van der Waals surface area contributed by atoms with Gasteiger partial charge in [-0.15, -0.1) is 6.58 Å². The highest BCUT2D eigenvalue weighted by atomic mass is 16.4. The fourth-order valence-electron chi connectivity index (χ4n) is 1.29. The Bertz CT molecular complexity index is 198. The third kappa shape index (κ3) is 2.84. The van der Waals surface area contributed by atoms with Gasteiger partial charge in [0.05, 0.1) is 0 Å². The summed E-state index contributed by atoms with van der Waals surface area (Å²) in [5.74, 6) is -1.47. The number of hydrogen-bond donors (Lipinski definition) is 2. The molecule has 0 aromatic carbocycles. The summed E-state index contributed by atoms with van der Waals surface area (Å²) in [7, 11) is 0. The van der Waals surface area contributed by atoms with E-state index in [0.29, 0.717) is 0 Å². The molecular formula is C10H18O3. The SMILES string of the molecule is C=C[C@@H](C)[C@@](O)(CC(C)C)C(=O)O. The minimum Gasteiger partial charge on any atom is -0.479 e. The average Bonchev–Trinajstić information content (AvgIpc) is 2.01. The minimum absolute atomic E-state index is 0.142. The first-order chi connectivity index (χ1) is 5.84. The molecule has 2 N–H and O–H groups in total. The summed E-state index contributed by atoms with van der Waals surface area (Å²) in [4.78, 5) is 10.9. The second kappa shape index (κ2) is 4.42. The smallest absolute Gasteiger partial charge is 0.336 e. The van der Waals surface area contributed by atoms with E-state index < -0.39 is 17.5 Å². The van der Waals surface area contributed by atoms with Gasteiger partial charge in [-0.1, -0.05) is 26.8 Å². The van der Waals surface area contributed by atoms with Gasteiger partial charge in [-0.25, -0.2) is 4.79 Å². The van der Waals surface area contributed by atoms with Crippen LogP contribution >= 0.6 is 0 Å². The molecule has 0 saturated heterocycles. The van der Waals surface area contributed by atoms with E-state index in [-0.39, 0.29) is 12.3 Å². The van der Waals surface area contributed by atoms with Gasteiger partial charge in [-0.05, 0) is 12.3 Å². The summed E-state index contributed by atoms with van der Waals surface area (Å²) in [5, 5.41) is 18.7. The molecule has 76 valence electrons. The van der Waals surface area contributed by atoms with Crippen LogP contribution in [0, 0.1) is 11.8 Å². The van der Waals surface area contributed by atoms with Gasteiger partial charge in [0.15, 0.2) is 5.60 Å². The summed E-state index contributed by atoms with van der Waals surface area (Å²) < 4.78 is 0. The highest BCUT2D eigenvalue weighted by Crippen LogP contribution is 2.26. The van der Waals surface area contributed by atoms with Crippen LogP contribution in [0.25, 0.3) is 0 Å². The Kier molecular flexibility index (Phi) is 4.14. The van der Waals surface area contributed by atoms with Crippen LogP contribution in [0.4, 0.5) is 0 Å². The first-order valence-corrected chi connectivity index (χ1v) is 4.43. The zero-order valence-electron chi connectivity index (χ0n) is 8.45. The number of hydrogen-bond acceptors (Lipinski definition) is 2. The Balaban J connectivity index is 4.72. The number of aliphatic carboxylic acids is 1. The Morgan fingerprint density at radius 2 is 2.00 bits per heavy atom. The molecule has 3 nitrogen and oxygen atoms in total. The Morgan fingerprint density at radius 1 is 1.54 bits per heavy atom. The van der Waals surface area contributed by atoms with Crippen LogP contribution in [0.1, 0.15) is 27.2 Å². The summed E-state index contributed by atoms with van der Waals surface area (Å²) >= 11 is 0. The molecule has 0 aliphatic rings. The first-order valence-electron chi connectivity index (χ1n) is 4.43. The van der Waals surface area contributed by atoms with Crippen molar-refractivity contribution in [2.75, 3.05) is 0 Å². The monoisotopic (exact) mass is 186 g/mol. The lowest BCUT2D eigenvalue weighted by Gasteiger charge is -2.29. The number of carboxylic acid groups (broad SMARTS) is 1. The van der Waals surface area contributed by atoms with Crippen LogP contribution in [-0.4, -0.2) is 21.8 Å². The van der Waals surface area contributed by atoms with Gasteiger partial charge >= 0.3 is 5.97 Å². The van der Waals surface area contributed by atoms with E-state index in [0.717, 1.165) is 0 Å². The number of carboxylic acids is 1. The van der Waals surface area contributed by atoms with Gasteiger partial charge in [0, 0.05) is 5.92 Å². The summed E-state index contributed by atoms with van der Waals surface area (Å²) in [6.07, 6.45) is 1.71. The predicted octanol–water partition coefficient (Wildman–Crippen LogP) is 1.67. The van der Waals surface area contributed by atoms with E-state index in [9.17, 15) is 9.90 Å². The number of carbonyl (C=O) groups is 1. The quantitative estimate of drug-likeness (QED) is 0.642. The van der Waals surface area contributed by atoms with Gasteiger partial charge in [0.2, 0.25) is 0 Å². The van der Waals surface area contributed by atoms with E-state index in [1.54, 1.807) is 6.92 Å². The summed E-state index contributed by atoms with van der Waals surface area (Å²) in [5.41, 5.74) is -1.67. The van der Waals surface area contributed by atoms with E-state index >= 15 is 0 Å². The second-order valence-electron chi connectivity index (χ2n) is 3.85. The van der Waals surface area contributed by atoms with Gasteiger partial charge in [0.25, 0.3) is 0 Å². The zero-order valence-corrected chi connectivity index (χ0v) is 8.45. The van der Waals surface area contributed by atoms with Gasteiger partial charge in [-0.3, -0.25) is 0 Å². The molecule has 0 amide bonds. The van der Waals surface area contributed by atoms with Crippen molar-refractivity contribution in [3.8, 4) is 0 Å². The van der Waals surface area contributed by atoms with Gasteiger partial charge in [-0.2, -0.15) is 0 Å². The second-order valence-corrected chi connectivity index (χ2v) is 3.85. The fraction of sp³-hybridized carbons (Fsp3) is 0.700. The molecule has 0 rings (SSSR count). The standard InChI is InChI=1S/C10H18O3/c1-5-8(4)10(13,9(11)12)6-7(2)3/h5,7-8,13H,1,6H2,2-4H3,(H,11,12)/t8-,10+/m1/s1. The molecule has 0 aliphatic heterocycles. The van der Waals surface area contributed by atoms with E-state index in [1.807, 2.05) is 13.8 Å². The lowest BCUT2D eigenvalue weighted by atomic mass is 9.82. The molecule has 0 fully saturated rings. The van der Waals surface area contributed by atoms with Crippen LogP contribution in [0.5, 0.6) is 0 Å². The maximum atomic E-state index is 10.9. The Hall–Kier alpha value is -0.830. The molecule has 13 heavy (non-hydrogen) atoms. The normalized spacial score (nSPS) is 17.9. The molecular weight excluding hydrogens is 168 g/mol. The molecule has 0 radical (unpaired) electrons. The van der Waals surface area contributed by atoms with Crippen LogP contribution in [0.15, 0.2) is 12.7 Å². The van der Waals surface area contributed by atoms with Crippen molar-refractivity contribution in [1.29, 1.82) is 0 Å². The molecule has 0 saturated carbocycles. The number of rotatable bonds is 5. The van der Waals surface area contributed by atoms with E-state index in [4.69, 9.17) is 5.11 Å². The highest BCUT2D eigenvalue weighted by Gasteiger charge is 2.40. The molecule has 0 aromatic rings. The summed E-state index contributed by atoms with van der Waals surface area (Å²) in [6.45, 7) is 8.91. The maximum Gasteiger partial charge on any atom is 0.336 e. The molecule has 0 heterocycles. The largest absolute Gasteiger partial charge is 0.479 e. The first kappa shape index (κ1) is 12.2. The van der Waals surface area contributed by atoms with E-state index in [1.165, 1.54) is 6.08 Å². The van der Waals surface area contributed by atoms with Crippen molar-refractivity contribution < 1.29 is 15.0 Å². The van der Waals surface area contributed by atoms with Gasteiger partial charge in [0.1, 0.15) is 0 Å². The third-order valence-electron chi connectivity index (χ3n) is 2.20. The molecule has 3 heteroatoms. The van der Waals surface area contributed by atoms with Crippen molar-refractivity contribution in [2.45, 2.75) is 32.8 Å². The molecule has 0 bridgehead atoms. The summed E-state index contributed by atoms with van der Waals surface area (Å²) in [6, 6.07) is 0. The van der Waals surface area contributed by atoms with Crippen LogP contribution in [0.2, 0.25) is 0 Å². The lowest BCUT2D eigenvalue weighted by Crippen LogP contribution is -2.45. The predicted molar refractivity (Wildman–Crippen MR) is 51.4 cm³/mol. The number of aliphatic hydroxyl groups is 1. The average molecular weight is 186 g/mol. The Morgan fingerprint density at radius 3 is 2.23 bits per heavy atom. The molecule has 0 unspecified atom stereocenters. The van der Waals surface area contributed by atoms with Gasteiger partial charge < -0.3 is 10.2 Å². The lowest BCUT2D eigenvalue weighted by molar-refractivity contribution is -0.164. The van der Waals surface area contributed by atoms with Crippen molar-refractivity contribution in [1.82, 2.24) is 0 Å². The van der Waals surface area contributed by atoms with Crippen LogP contribution < -0.4 is 0 Å². The van der Waals surface area contributed by atoms with E-state index in [2.05, 4.69) is 6.58 Å². The molecule has 0 aliphatic carbocycles. The molecule has 0 aromatic heterocycles. The topological polar surface area (TPSA) is 57.5 Å². The van der Waals surface area contributed by atoms with Crippen LogP contribution in [-0.2, 0) is 4.79 Å². The van der Waals surface area contributed by atoms with Crippen molar-refractivity contribution >= 4 is 5.97 Å². The Labute approximate surface area is 79.1 Å². The molecule has 2 atom stereocenters. The third-order valence-corrected chi connectivity index (χ3v) is 2.20. The van der Waals surface area contributed by atoms with Crippen molar-refractivity contribution in [2.24, 2.45) is 11.8 Å². The van der Waals surface area contributed by atoms with Crippen molar-refractivity contribution in [3.63, 3.8) is 0 Å². The van der Waals surface area contributed by atoms with Crippen LogP contribution in [0.3, 0.4) is 0 Å². The fourth-order valence-corrected chi connectivity index (χ4v) is 1.29. The zero-order chi connectivity index (χ0) is 10.6. The van der Waals surface area contributed by atoms with Crippen molar-refractivity contribution in [3.05, 3.63) is 12.7 Å². The molecule has 0 spiro atoms. The highest BCUT2D eigenvalue weighted by molar-refractivity contribution is 5.77. The minimum atomic E-state index is -1.67.